The molecule has 0 atom stereocenters. The summed E-state index contributed by atoms with van der Waals surface area (Å²) in [5, 5.41) is 6.32. The second-order valence-corrected chi connectivity index (χ2v) is 6.31. The van der Waals surface area contributed by atoms with Crippen molar-refractivity contribution in [3.05, 3.63) is 63.3 Å². The monoisotopic (exact) mass is 346 g/mol. The van der Waals surface area contributed by atoms with Crippen LogP contribution in [0.1, 0.15) is 28.2 Å². The van der Waals surface area contributed by atoms with Gasteiger partial charge in [0, 0.05) is 22.4 Å². The molecule has 0 aliphatic carbocycles. The summed E-state index contributed by atoms with van der Waals surface area (Å²) in [5.74, 6) is 0.902. The summed E-state index contributed by atoms with van der Waals surface area (Å²) in [7, 11) is 0. The molecule has 1 aromatic carbocycles. The van der Waals surface area contributed by atoms with Crippen molar-refractivity contribution in [3.8, 4) is 11.3 Å². The van der Waals surface area contributed by atoms with Crippen LogP contribution >= 0.6 is 22.9 Å². The number of amides is 1. The van der Waals surface area contributed by atoms with Gasteiger partial charge < -0.3 is 9.73 Å². The number of aryl methyl sites for hydroxylation is 1. The third-order valence-electron chi connectivity index (χ3n) is 3.33. The van der Waals surface area contributed by atoms with Crippen molar-refractivity contribution >= 4 is 28.8 Å². The van der Waals surface area contributed by atoms with Crippen LogP contribution in [0.2, 0.25) is 5.02 Å². The van der Waals surface area contributed by atoms with Crippen molar-refractivity contribution in [1.82, 2.24) is 10.3 Å². The van der Waals surface area contributed by atoms with Crippen LogP contribution in [0.4, 0.5) is 0 Å². The average molecular weight is 347 g/mol. The fraction of sp³-hybridized carbons (Fsp3) is 0.176. The maximum atomic E-state index is 12.0. The van der Waals surface area contributed by atoms with E-state index in [1.54, 1.807) is 6.07 Å². The number of halogens is 1. The first-order valence-electron chi connectivity index (χ1n) is 7.23. The first-order valence-corrected chi connectivity index (χ1v) is 8.48. The van der Waals surface area contributed by atoms with Gasteiger partial charge in [0.2, 0.25) is 0 Å². The molecule has 0 fully saturated rings. The van der Waals surface area contributed by atoms with Gasteiger partial charge in [-0.25, -0.2) is 4.98 Å². The van der Waals surface area contributed by atoms with E-state index in [1.165, 1.54) is 11.3 Å². The predicted molar refractivity (Wildman–Crippen MR) is 91.8 cm³/mol. The topological polar surface area (TPSA) is 55.1 Å². The van der Waals surface area contributed by atoms with Crippen LogP contribution in [-0.2, 0) is 13.0 Å². The molecule has 0 saturated carbocycles. The fourth-order valence-corrected chi connectivity index (χ4v) is 2.95. The van der Waals surface area contributed by atoms with Gasteiger partial charge in [0.1, 0.15) is 10.8 Å². The Balaban J connectivity index is 1.63. The van der Waals surface area contributed by atoms with Crippen LogP contribution in [0.25, 0.3) is 11.3 Å². The quantitative estimate of drug-likeness (QED) is 0.737. The molecule has 2 aromatic heterocycles. The summed E-state index contributed by atoms with van der Waals surface area (Å²) < 4.78 is 5.43. The number of nitrogens with zero attached hydrogens (tertiary/aromatic N) is 1. The molecular formula is C17H15ClN2O2S. The molecule has 0 bridgehead atoms. The molecule has 0 spiro atoms. The van der Waals surface area contributed by atoms with E-state index in [0.717, 1.165) is 28.4 Å². The Hall–Kier alpha value is -2.11. The zero-order chi connectivity index (χ0) is 16.2. The minimum atomic E-state index is -0.229. The Kier molecular flexibility index (Phi) is 4.79. The van der Waals surface area contributed by atoms with E-state index in [2.05, 4.69) is 10.3 Å². The summed E-state index contributed by atoms with van der Waals surface area (Å²) in [6.07, 6.45) is 0.768. The van der Waals surface area contributed by atoms with Crippen molar-refractivity contribution in [2.75, 3.05) is 0 Å². The van der Waals surface area contributed by atoms with Gasteiger partial charge in [-0.05, 0) is 24.3 Å². The number of carbonyl (C=O) groups excluding carboxylic acids is 1. The second-order valence-electron chi connectivity index (χ2n) is 4.94. The zero-order valence-corrected chi connectivity index (χ0v) is 14.1. The van der Waals surface area contributed by atoms with E-state index in [1.807, 2.05) is 42.6 Å². The van der Waals surface area contributed by atoms with E-state index >= 15 is 0 Å². The SMILES string of the molecule is CCc1ccc(C(=O)NCc2nc(-c3ccc(Cl)cc3)cs2)o1. The Bertz CT molecular complexity index is 808. The number of carbonyl (C=O) groups is 1. The number of hydrogen-bond acceptors (Lipinski definition) is 4. The highest BCUT2D eigenvalue weighted by atomic mass is 35.5. The van der Waals surface area contributed by atoms with E-state index < -0.39 is 0 Å². The minimum absolute atomic E-state index is 0.229. The van der Waals surface area contributed by atoms with Crippen LogP contribution < -0.4 is 5.32 Å². The van der Waals surface area contributed by atoms with Crippen molar-refractivity contribution in [2.24, 2.45) is 0 Å². The Morgan fingerprint density at radius 3 is 2.74 bits per heavy atom. The lowest BCUT2D eigenvalue weighted by molar-refractivity contribution is 0.0921. The third kappa shape index (κ3) is 3.81. The molecule has 1 amide bonds. The highest BCUT2D eigenvalue weighted by molar-refractivity contribution is 7.09. The Morgan fingerprint density at radius 2 is 2.04 bits per heavy atom. The lowest BCUT2D eigenvalue weighted by Crippen LogP contribution is -2.22. The fourth-order valence-electron chi connectivity index (χ4n) is 2.08. The van der Waals surface area contributed by atoms with E-state index in [-0.39, 0.29) is 5.91 Å². The van der Waals surface area contributed by atoms with Crippen LogP contribution in [-0.4, -0.2) is 10.9 Å². The molecule has 0 aliphatic rings. The summed E-state index contributed by atoms with van der Waals surface area (Å²) in [5.41, 5.74) is 1.88. The van der Waals surface area contributed by atoms with E-state index in [9.17, 15) is 4.79 Å². The molecule has 0 radical (unpaired) electrons. The lowest BCUT2D eigenvalue weighted by Gasteiger charge is -2.00. The molecule has 2 heterocycles. The molecule has 118 valence electrons. The maximum absolute atomic E-state index is 12.0. The Labute approximate surface area is 143 Å². The van der Waals surface area contributed by atoms with Gasteiger partial charge in [-0.1, -0.05) is 30.7 Å². The molecule has 0 aliphatic heterocycles. The first kappa shape index (κ1) is 15.8. The van der Waals surface area contributed by atoms with Gasteiger partial charge in [0.25, 0.3) is 5.91 Å². The number of nitrogens with one attached hydrogen (secondary N) is 1. The molecule has 4 nitrogen and oxygen atoms in total. The smallest absolute Gasteiger partial charge is 0.287 e. The third-order valence-corrected chi connectivity index (χ3v) is 4.43. The molecule has 3 rings (SSSR count). The molecular weight excluding hydrogens is 332 g/mol. The summed E-state index contributed by atoms with van der Waals surface area (Å²) >= 11 is 7.39. The number of rotatable bonds is 5. The second kappa shape index (κ2) is 6.98. The zero-order valence-electron chi connectivity index (χ0n) is 12.5. The van der Waals surface area contributed by atoms with E-state index in [0.29, 0.717) is 17.3 Å². The normalized spacial score (nSPS) is 10.7. The van der Waals surface area contributed by atoms with Crippen molar-refractivity contribution < 1.29 is 9.21 Å². The average Bonchev–Trinajstić information content (AvgIpc) is 3.22. The highest BCUT2D eigenvalue weighted by Gasteiger charge is 2.11. The highest BCUT2D eigenvalue weighted by Crippen LogP contribution is 2.23. The largest absolute Gasteiger partial charge is 0.456 e. The lowest BCUT2D eigenvalue weighted by atomic mass is 10.2. The number of aromatic nitrogens is 1. The first-order chi connectivity index (χ1) is 11.2. The number of furan rings is 1. The van der Waals surface area contributed by atoms with Gasteiger partial charge in [-0.2, -0.15) is 0 Å². The summed E-state index contributed by atoms with van der Waals surface area (Å²) in [6.45, 7) is 2.35. The number of thiazole rings is 1. The molecule has 6 heteroatoms. The molecule has 23 heavy (non-hydrogen) atoms. The number of benzene rings is 1. The van der Waals surface area contributed by atoms with Crippen molar-refractivity contribution in [3.63, 3.8) is 0 Å². The standard InChI is InChI=1S/C17H15ClN2O2S/c1-2-13-7-8-15(22-13)17(21)19-9-16-20-14(10-23-16)11-3-5-12(18)6-4-11/h3-8,10H,2,9H2,1H3,(H,19,21). The molecule has 0 saturated heterocycles. The molecule has 3 aromatic rings. The van der Waals surface area contributed by atoms with Gasteiger partial charge in [0.15, 0.2) is 5.76 Å². The van der Waals surface area contributed by atoms with Crippen molar-refractivity contribution in [2.45, 2.75) is 19.9 Å². The van der Waals surface area contributed by atoms with Gasteiger partial charge >= 0.3 is 0 Å². The van der Waals surface area contributed by atoms with E-state index in [4.69, 9.17) is 16.0 Å². The Morgan fingerprint density at radius 1 is 1.26 bits per heavy atom. The summed E-state index contributed by atoms with van der Waals surface area (Å²) in [6, 6.07) is 11.0. The van der Waals surface area contributed by atoms with Gasteiger partial charge in [0.05, 0.1) is 12.2 Å². The molecule has 1 N–H and O–H groups in total. The predicted octanol–water partition coefficient (Wildman–Crippen LogP) is 4.55. The maximum Gasteiger partial charge on any atom is 0.287 e. The van der Waals surface area contributed by atoms with Crippen LogP contribution in [0.5, 0.6) is 0 Å². The number of hydrogen-bond donors (Lipinski definition) is 1. The summed E-state index contributed by atoms with van der Waals surface area (Å²) in [4.78, 5) is 16.5. The minimum Gasteiger partial charge on any atom is -0.456 e. The van der Waals surface area contributed by atoms with Crippen molar-refractivity contribution in [1.29, 1.82) is 0 Å². The van der Waals surface area contributed by atoms with Crippen LogP contribution in [0.15, 0.2) is 46.2 Å². The van der Waals surface area contributed by atoms with Gasteiger partial charge in [-0.3, -0.25) is 4.79 Å². The van der Waals surface area contributed by atoms with Crippen LogP contribution in [0.3, 0.4) is 0 Å². The van der Waals surface area contributed by atoms with Crippen LogP contribution in [0, 0.1) is 0 Å². The van der Waals surface area contributed by atoms with Gasteiger partial charge in [-0.15, -0.1) is 11.3 Å². The molecule has 0 unspecified atom stereocenters.